The number of nitrogens with one attached hydrogen (secondary N) is 1. The van der Waals surface area contributed by atoms with Crippen molar-refractivity contribution >= 4 is 17.2 Å². The fraction of sp³-hybridized carbons (Fsp3) is 0.795. The number of rotatable bonds is 12. The van der Waals surface area contributed by atoms with Crippen LogP contribution in [0.5, 0.6) is 0 Å². The Labute approximate surface area is 306 Å². The van der Waals surface area contributed by atoms with Crippen LogP contribution in [0.2, 0.25) is 0 Å². The predicted octanol–water partition coefficient (Wildman–Crippen LogP) is 8.00. The van der Waals surface area contributed by atoms with E-state index in [4.69, 9.17) is 0 Å². The maximum atomic E-state index is 11.3. The number of halogens is 1. The third-order valence-electron chi connectivity index (χ3n) is 13.8. The summed E-state index contributed by atoms with van der Waals surface area (Å²) in [6.45, 7) is 22.7. The molecular formula is C44H72BrNO2. The summed E-state index contributed by atoms with van der Waals surface area (Å²) >= 11 is 0. The maximum Gasteiger partial charge on any atom is 0.303 e. The quantitative estimate of drug-likeness (QED) is 0.215. The van der Waals surface area contributed by atoms with Crippen molar-refractivity contribution in [1.29, 1.82) is 0 Å². The minimum atomic E-state index is -0.659. The Morgan fingerprint density at radius 1 is 0.729 bits per heavy atom. The second-order valence-corrected chi connectivity index (χ2v) is 18.3. The molecule has 0 bridgehead atoms. The van der Waals surface area contributed by atoms with Gasteiger partial charge in [-0.15, -0.1) is 0 Å². The molecule has 10 unspecified atom stereocenters. The first-order valence-corrected chi connectivity index (χ1v) is 20.3. The number of quaternary nitrogens is 1. The second-order valence-electron chi connectivity index (χ2n) is 18.3. The predicted molar refractivity (Wildman–Crippen MR) is 199 cm³/mol. The minimum absolute atomic E-state index is 0. The third kappa shape index (κ3) is 8.66. The highest BCUT2D eigenvalue weighted by molar-refractivity contribution is 5.82. The number of aliphatic carboxylic acids is 1. The zero-order valence-corrected chi connectivity index (χ0v) is 33.9. The lowest BCUT2D eigenvalue weighted by atomic mass is 9.63. The lowest BCUT2D eigenvalue weighted by Gasteiger charge is -2.45. The minimum Gasteiger partial charge on any atom is -1.00 e. The Bertz CT molecular complexity index is 1230. The average Bonchev–Trinajstić information content (AvgIpc) is 3.35. The molecule has 272 valence electrons. The van der Waals surface area contributed by atoms with Crippen LogP contribution in [0.15, 0.2) is 23.9 Å². The van der Waals surface area contributed by atoms with Gasteiger partial charge in [0.25, 0.3) is 0 Å². The van der Waals surface area contributed by atoms with Gasteiger partial charge in [0.15, 0.2) is 0 Å². The molecule has 4 heteroatoms. The Morgan fingerprint density at radius 3 is 1.85 bits per heavy atom. The highest BCUT2D eigenvalue weighted by atomic mass is 79.9. The molecule has 0 saturated heterocycles. The molecule has 5 rings (SSSR count). The number of aryl methyl sites for hydroxylation is 1. The number of unbranched alkanes of at least 4 members (excludes halogenated alkanes) is 2. The van der Waals surface area contributed by atoms with E-state index in [1.165, 1.54) is 57.8 Å². The zero-order valence-electron chi connectivity index (χ0n) is 32.3. The van der Waals surface area contributed by atoms with Gasteiger partial charge in [0.05, 0.1) is 6.04 Å². The van der Waals surface area contributed by atoms with Gasteiger partial charge < -0.3 is 22.1 Å². The lowest BCUT2D eigenvalue weighted by Crippen LogP contribution is -3.11. The van der Waals surface area contributed by atoms with Crippen LogP contribution in [0.4, 0.5) is 5.69 Å². The zero-order chi connectivity index (χ0) is 34.0. The SMILES string of the molecule is CC1CCC(C(C)C)C(C2=C(C3CC(C)CCC3C(C)C)[NH+](C3CC(C)CCC3C(C)C)c3cccc(CCCCCC(=O)O)c32)C1.[Br-]. The fourth-order valence-corrected chi connectivity index (χ4v) is 11.3. The normalized spacial score (nSPS) is 34.1. The Morgan fingerprint density at radius 2 is 1.27 bits per heavy atom. The second kappa shape index (κ2) is 17.4. The van der Waals surface area contributed by atoms with Gasteiger partial charge in [-0.3, -0.25) is 9.69 Å². The third-order valence-corrected chi connectivity index (χ3v) is 13.8. The van der Waals surface area contributed by atoms with Crippen LogP contribution < -0.4 is 21.9 Å². The lowest BCUT2D eigenvalue weighted by molar-refractivity contribution is -0.830. The van der Waals surface area contributed by atoms with Gasteiger partial charge in [-0.1, -0.05) is 93.7 Å². The summed E-state index contributed by atoms with van der Waals surface area (Å²) in [4.78, 5) is 13.1. The summed E-state index contributed by atoms with van der Waals surface area (Å²) in [7, 11) is 0. The Balaban J connectivity index is 0.00000520. The van der Waals surface area contributed by atoms with Gasteiger partial charge in [0, 0.05) is 41.9 Å². The van der Waals surface area contributed by atoms with Crippen molar-refractivity contribution in [2.75, 3.05) is 0 Å². The summed E-state index contributed by atoms with van der Waals surface area (Å²) in [6, 6.07) is 8.09. The van der Waals surface area contributed by atoms with Crippen LogP contribution in [0.25, 0.3) is 5.57 Å². The van der Waals surface area contributed by atoms with Gasteiger partial charge >= 0.3 is 5.97 Å². The molecule has 3 saturated carbocycles. The molecule has 3 nitrogen and oxygen atoms in total. The first kappa shape index (κ1) is 39.7. The van der Waals surface area contributed by atoms with Crippen LogP contribution in [0.1, 0.15) is 157 Å². The summed E-state index contributed by atoms with van der Waals surface area (Å²) in [5.74, 6) is 7.38. The van der Waals surface area contributed by atoms with E-state index in [0.29, 0.717) is 42.1 Å². The van der Waals surface area contributed by atoms with Crippen molar-refractivity contribution in [3.63, 3.8) is 0 Å². The first-order valence-electron chi connectivity index (χ1n) is 20.3. The molecule has 2 N–H and O–H groups in total. The van der Waals surface area contributed by atoms with E-state index < -0.39 is 5.97 Å². The molecule has 0 aromatic heterocycles. The van der Waals surface area contributed by atoms with Gasteiger partial charge in [0.1, 0.15) is 11.4 Å². The molecule has 1 aliphatic heterocycles. The summed E-state index contributed by atoms with van der Waals surface area (Å²) in [6.07, 6.45) is 16.5. The van der Waals surface area contributed by atoms with Crippen molar-refractivity contribution < 1.29 is 31.8 Å². The van der Waals surface area contributed by atoms with Crippen molar-refractivity contribution in [2.24, 2.45) is 65.1 Å². The number of carboxylic acids is 1. The largest absolute Gasteiger partial charge is 1.00 e. The van der Waals surface area contributed by atoms with E-state index >= 15 is 0 Å². The van der Waals surface area contributed by atoms with Crippen molar-refractivity contribution in [3.05, 3.63) is 35.0 Å². The number of hydrogen-bond acceptors (Lipinski definition) is 1. The van der Waals surface area contributed by atoms with Crippen molar-refractivity contribution in [3.8, 4) is 0 Å². The summed E-state index contributed by atoms with van der Waals surface area (Å²) < 4.78 is 0. The van der Waals surface area contributed by atoms with Gasteiger partial charge in [-0.05, 0) is 117 Å². The molecule has 3 fully saturated rings. The molecular weight excluding hydrogens is 654 g/mol. The van der Waals surface area contributed by atoms with Crippen molar-refractivity contribution in [2.45, 2.75) is 158 Å². The molecule has 4 aliphatic rings. The van der Waals surface area contributed by atoms with E-state index in [0.717, 1.165) is 61.2 Å². The summed E-state index contributed by atoms with van der Waals surface area (Å²) in [5.41, 5.74) is 8.56. The first-order chi connectivity index (χ1) is 22.4. The van der Waals surface area contributed by atoms with E-state index in [9.17, 15) is 9.90 Å². The number of fused-ring (bicyclic) bond motifs is 1. The van der Waals surface area contributed by atoms with Gasteiger partial charge in [-0.25, -0.2) is 0 Å². The number of hydrogen-bond donors (Lipinski definition) is 2. The van der Waals surface area contributed by atoms with Gasteiger partial charge in [-0.2, -0.15) is 0 Å². The molecule has 3 aliphatic carbocycles. The van der Waals surface area contributed by atoms with Crippen LogP contribution in [-0.2, 0) is 11.2 Å². The molecule has 0 spiro atoms. The number of carboxylic acid groups (broad SMARTS) is 1. The highest BCUT2D eigenvalue weighted by Gasteiger charge is 2.53. The number of allylic oxidation sites excluding steroid dienone is 2. The van der Waals surface area contributed by atoms with Crippen LogP contribution in [0.3, 0.4) is 0 Å². The Kier molecular flexibility index (Phi) is 14.4. The van der Waals surface area contributed by atoms with Crippen LogP contribution in [0, 0.1) is 65.1 Å². The van der Waals surface area contributed by atoms with E-state index in [1.54, 1.807) is 16.8 Å². The molecule has 48 heavy (non-hydrogen) atoms. The standard InChI is InChI=1S/C44H71NO2.BrH/c1-27(2)34-21-18-30(7)24-37(34)43-42-33(14-11-10-12-17-41(46)47)15-13-16-39(42)45(40-26-32(9)20-23-36(40)29(5)6)44(43)38-25-31(8)19-22-35(38)28(3)4;/h13,15-16,27-32,34-38,40H,10-12,14,17-26H2,1-9H3,(H,46,47);1H. The molecule has 1 aromatic carbocycles. The fourth-order valence-electron chi connectivity index (χ4n) is 11.3. The Hall–Kier alpha value is -1.13. The van der Waals surface area contributed by atoms with E-state index in [-0.39, 0.29) is 17.0 Å². The summed E-state index contributed by atoms with van der Waals surface area (Å²) in [5, 5.41) is 9.28. The molecule has 0 radical (unpaired) electrons. The van der Waals surface area contributed by atoms with Crippen LogP contribution in [-0.4, -0.2) is 17.1 Å². The molecule has 10 atom stereocenters. The van der Waals surface area contributed by atoms with Crippen molar-refractivity contribution in [1.82, 2.24) is 0 Å². The maximum absolute atomic E-state index is 11.3. The van der Waals surface area contributed by atoms with Gasteiger partial charge in [0.2, 0.25) is 0 Å². The number of benzene rings is 1. The van der Waals surface area contributed by atoms with Crippen LogP contribution >= 0.6 is 0 Å². The number of carbonyl (C=O) groups is 1. The van der Waals surface area contributed by atoms with E-state index in [1.807, 2.05) is 16.2 Å². The van der Waals surface area contributed by atoms with E-state index in [2.05, 4.69) is 80.5 Å². The topological polar surface area (TPSA) is 41.7 Å². The average molecular weight is 727 g/mol. The molecule has 1 aromatic rings. The molecule has 0 amide bonds. The monoisotopic (exact) mass is 725 g/mol. The smallest absolute Gasteiger partial charge is 0.303 e. The molecule has 1 heterocycles. The highest BCUT2D eigenvalue weighted by Crippen LogP contribution is 2.53.